The number of rotatable bonds is 3. The van der Waals surface area contributed by atoms with Crippen LogP contribution in [0.3, 0.4) is 0 Å². The van der Waals surface area contributed by atoms with Gasteiger partial charge < -0.3 is 28.8 Å². The number of phenolic OH excluding ortho intramolecular Hbond substituents is 2. The third-order valence-electron chi connectivity index (χ3n) is 6.57. The van der Waals surface area contributed by atoms with Crippen LogP contribution in [0.15, 0.2) is 46.9 Å². The van der Waals surface area contributed by atoms with Gasteiger partial charge in [-0.25, -0.2) is 0 Å². The van der Waals surface area contributed by atoms with Crippen molar-refractivity contribution in [3.05, 3.63) is 64.7 Å². The molecule has 0 atom stereocenters. The normalized spacial score (nSPS) is 13.6. The second-order valence-corrected chi connectivity index (χ2v) is 8.60. The average molecular weight is 486 g/mol. The molecule has 1 aliphatic carbocycles. The first-order chi connectivity index (χ1) is 17.3. The Morgan fingerprint density at radius 2 is 1.58 bits per heavy atom. The molecular formula is C28H22O8. The van der Waals surface area contributed by atoms with Gasteiger partial charge in [0.15, 0.2) is 5.41 Å². The lowest BCUT2D eigenvalue weighted by Gasteiger charge is -2.22. The molecule has 1 heterocycles. The number of aromatic hydroxyl groups is 2. The van der Waals surface area contributed by atoms with Gasteiger partial charge in [-0.15, -0.1) is 0 Å². The van der Waals surface area contributed by atoms with Gasteiger partial charge in [0.25, 0.3) is 0 Å². The molecule has 8 heteroatoms. The molecule has 8 nitrogen and oxygen atoms in total. The van der Waals surface area contributed by atoms with Crippen LogP contribution < -0.4 is 4.74 Å². The van der Waals surface area contributed by atoms with Gasteiger partial charge in [0.2, 0.25) is 0 Å². The third kappa shape index (κ3) is 3.48. The SMILES string of the molecule is COC(=O)C1(C(=O)OC)Cc2cc3oc4ccc(O)cc4c3c(C#Cc3cc(O)ccc3OC)c2C1. The van der Waals surface area contributed by atoms with Gasteiger partial charge >= 0.3 is 11.9 Å². The Morgan fingerprint density at radius 3 is 2.28 bits per heavy atom. The van der Waals surface area contributed by atoms with E-state index in [1.165, 1.54) is 39.5 Å². The molecule has 0 amide bonds. The van der Waals surface area contributed by atoms with E-state index in [0.29, 0.717) is 49.9 Å². The van der Waals surface area contributed by atoms with Gasteiger partial charge in [-0.2, -0.15) is 0 Å². The molecule has 1 aromatic heterocycles. The first-order valence-electron chi connectivity index (χ1n) is 11.1. The lowest BCUT2D eigenvalue weighted by Crippen LogP contribution is -2.42. The van der Waals surface area contributed by atoms with Crippen LogP contribution in [0.5, 0.6) is 17.2 Å². The number of carbonyl (C=O) groups is 2. The van der Waals surface area contributed by atoms with E-state index in [1.807, 2.05) is 0 Å². The van der Waals surface area contributed by atoms with Crippen LogP contribution in [0.1, 0.15) is 22.3 Å². The van der Waals surface area contributed by atoms with Crippen LogP contribution in [-0.2, 0) is 31.9 Å². The zero-order valence-electron chi connectivity index (χ0n) is 19.8. The summed E-state index contributed by atoms with van der Waals surface area (Å²) in [5.74, 6) is 5.38. The average Bonchev–Trinajstić information content (AvgIpc) is 3.44. The number of phenols is 2. The monoisotopic (exact) mass is 486 g/mol. The number of benzene rings is 3. The van der Waals surface area contributed by atoms with Crippen LogP contribution in [0.2, 0.25) is 0 Å². The molecule has 0 aliphatic heterocycles. The van der Waals surface area contributed by atoms with E-state index in [-0.39, 0.29) is 24.3 Å². The minimum Gasteiger partial charge on any atom is -0.508 e. The molecule has 0 unspecified atom stereocenters. The Labute approximate surface area is 206 Å². The quantitative estimate of drug-likeness (QED) is 0.255. The Kier molecular flexibility index (Phi) is 5.48. The maximum absolute atomic E-state index is 12.8. The first-order valence-corrected chi connectivity index (χ1v) is 11.1. The van der Waals surface area contributed by atoms with Crippen molar-refractivity contribution < 1.29 is 38.4 Å². The summed E-state index contributed by atoms with van der Waals surface area (Å²) in [6.45, 7) is 0. The van der Waals surface area contributed by atoms with Gasteiger partial charge in [-0.3, -0.25) is 9.59 Å². The minimum atomic E-state index is -1.55. The van der Waals surface area contributed by atoms with Crippen LogP contribution >= 0.6 is 0 Å². The number of carbonyl (C=O) groups excluding carboxylic acids is 2. The highest BCUT2D eigenvalue weighted by molar-refractivity contribution is 6.10. The summed E-state index contributed by atoms with van der Waals surface area (Å²) < 4.78 is 21.4. The molecule has 1 aliphatic rings. The number of furan rings is 1. The highest BCUT2D eigenvalue weighted by Gasteiger charge is 2.53. The second kappa shape index (κ2) is 8.54. The van der Waals surface area contributed by atoms with Crippen molar-refractivity contribution in [1.82, 2.24) is 0 Å². The molecular weight excluding hydrogens is 464 g/mol. The Balaban J connectivity index is 1.81. The van der Waals surface area contributed by atoms with Gasteiger partial charge in [0, 0.05) is 22.8 Å². The summed E-state index contributed by atoms with van der Waals surface area (Å²) in [5.41, 5.74) is 1.85. The van der Waals surface area contributed by atoms with Gasteiger partial charge in [-0.05, 0) is 60.0 Å². The number of esters is 2. The number of hydrogen-bond donors (Lipinski definition) is 2. The van der Waals surface area contributed by atoms with E-state index in [1.54, 1.807) is 24.3 Å². The lowest BCUT2D eigenvalue weighted by atomic mass is 9.84. The predicted molar refractivity (Wildman–Crippen MR) is 130 cm³/mol. The van der Waals surface area contributed by atoms with Gasteiger partial charge in [0.05, 0.1) is 26.9 Å². The molecule has 0 spiro atoms. The van der Waals surface area contributed by atoms with E-state index in [9.17, 15) is 19.8 Å². The van der Waals surface area contributed by atoms with Crippen LogP contribution in [0.25, 0.3) is 21.9 Å². The summed E-state index contributed by atoms with van der Waals surface area (Å²) in [6, 6.07) is 11.1. The maximum Gasteiger partial charge on any atom is 0.323 e. The van der Waals surface area contributed by atoms with Crippen LogP contribution in [0.4, 0.5) is 0 Å². The topological polar surface area (TPSA) is 115 Å². The van der Waals surface area contributed by atoms with E-state index in [2.05, 4.69) is 11.8 Å². The second-order valence-electron chi connectivity index (χ2n) is 8.60. The fourth-order valence-electron chi connectivity index (χ4n) is 4.89. The van der Waals surface area contributed by atoms with Crippen LogP contribution in [-0.4, -0.2) is 43.5 Å². The van der Waals surface area contributed by atoms with Crippen molar-refractivity contribution >= 4 is 33.9 Å². The Morgan fingerprint density at radius 1 is 0.889 bits per heavy atom. The summed E-state index contributed by atoms with van der Waals surface area (Å²) >= 11 is 0. The van der Waals surface area contributed by atoms with Crippen molar-refractivity contribution in [2.45, 2.75) is 12.8 Å². The standard InChI is InChI=1S/C28H22O8/c1-33-22-8-5-17(29)10-15(22)4-7-19-21-14-28(26(31)34-2,27(32)35-3)13-16(21)11-24-25(19)20-12-18(30)6-9-23(20)36-24/h5-6,8-12,29-30H,13-14H2,1-3H3. The molecule has 0 saturated heterocycles. The minimum absolute atomic E-state index is 0.0182. The van der Waals surface area contributed by atoms with E-state index in [4.69, 9.17) is 18.6 Å². The molecule has 0 fully saturated rings. The molecule has 4 aromatic rings. The third-order valence-corrected chi connectivity index (χ3v) is 6.57. The Hall–Kier alpha value is -4.64. The fourth-order valence-corrected chi connectivity index (χ4v) is 4.89. The lowest BCUT2D eigenvalue weighted by molar-refractivity contribution is -0.168. The first kappa shape index (κ1) is 23.1. The molecule has 182 valence electrons. The predicted octanol–water partition coefficient (Wildman–Crippen LogP) is 3.84. The maximum atomic E-state index is 12.8. The van der Waals surface area contributed by atoms with Crippen LogP contribution in [0, 0.1) is 17.3 Å². The molecule has 0 radical (unpaired) electrons. The number of hydrogen-bond acceptors (Lipinski definition) is 8. The van der Waals surface area contributed by atoms with Crippen molar-refractivity contribution in [1.29, 1.82) is 0 Å². The Bertz CT molecular complexity index is 1600. The molecule has 2 N–H and O–H groups in total. The van der Waals surface area contributed by atoms with Gasteiger partial charge in [0.1, 0.15) is 28.4 Å². The summed E-state index contributed by atoms with van der Waals surface area (Å²) in [4.78, 5) is 25.7. The van der Waals surface area contributed by atoms with Crippen molar-refractivity contribution in [2.24, 2.45) is 5.41 Å². The smallest absolute Gasteiger partial charge is 0.323 e. The van der Waals surface area contributed by atoms with E-state index >= 15 is 0 Å². The molecule has 36 heavy (non-hydrogen) atoms. The highest BCUT2D eigenvalue weighted by atomic mass is 16.5. The number of methoxy groups -OCH3 is 3. The zero-order valence-corrected chi connectivity index (χ0v) is 19.8. The number of fused-ring (bicyclic) bond motifs is 4. The molecule has 0 bridgehead atoms. The van der Waals surface area contributed by atoms with Crippen molar-refractivity contribution in [3.63, 3.8) is 0 Å². The summed E-state index contributed by atoms with van der Waals surface area (Å²) in [7, 11) is 3.96. The molecule has 3 aromatic carbocycles. The largest absolute Gasteiger partial charge is 0.508 e. The highest BCUT2D eigenvalue weighted by Crippen LogP contribution is 2.45. The number of ether oxygens (including phenoxy) is 3. The van der Waals surface area contributed by atoms with E-state index in [0.717, 1.165) is 0 Å². The molecule has 5 rings (SSSR count). The van der Waals surface area contributed by atoms with Gasteiger partial charge in [-0.1, -0.05) is 11.8 Å². The summed E-state index contributed by atoms with van der Waals surface area (Å²) in [6.07, 6.45) is 0.0777. The van der Waals surface area contributed by atoms with E-state index < -0.39 is 17.4 Å². The van der Waals surface area contributed by atoms with Crippen molar-refractivity contribution in [3.8, 4) is 29.1 Å². The molecule has 0 saturated carbocycles. The zero-order chi connectivity index (χ0) is 25.6. The fraction of sp³-hybridized carbons (Fsp3) is 0.214. The van der Waals surface area contributed by atoms with Crippen molar-refractivity contribution in [2.75, 3.05) is 21.3 Å². The summed E-state index contributed by atoms with van der Waals surface area (Å²) in [5, 5.41) is 21.4.